The second-order valence-corrected chi connectivity index (χ2v) is 8.52. The van der Waals surface area contributed by atoms with Crippen molar-refractivity contribution in [3.05, 3.63) is 29.8 Å². The molecular formula is C22H30N2O3. The predicted molar refractivity (Wildman–Crippen MR) is 104 cm³/mol. The summed E-state index contributed by atoms with van der Waals surface area (Å²) in [5.41, 5.74) is 0.657. The lowest BCUT2D eigenvalue weighted by atomic mass is 9.83. The van der Waals surface area contributed by atoms with Gasteiger partial charge in [-0.1, -0.05) is 6.42 Å². The van der Waals surface area contributed by atoms with Crippen molar-refractivity contribution in [2.24, 2.45) is 11.8 Å². The molecule has 0 N–H and O–H groups in total. The van der Waals surface area contributed by atoms with Crippen molar-refractivity contribution in [3.63, 3.8) is 0 Å². The van der Waals surface area contributed by atoms with Gasteiger partial charge in [-0.25, -0.2) is 0 Å². The number of nitrogens with zero attached hydrogens (tertiary/aromatic N) is 2. The number of amides is 1. The maximum atomic E-state index is 12.7. The molecule has 3 aliphatic heterocycles. The van der Waals surface area contributed by atoms with Gasteiger partial charge in [0.1, 0.15) is 5.75 Å². The Bertz CT molecular complexity index is 683. The Morgan fingerprint density at radius 1 is 1.04 bits per heavy atom. The van der Waals surface area contributed by atoms with Crippen LogP contribution in [0.4, 0.5) is 0 Å². The van der Waals surface area contributed by atoms with Crippen LogP contribution < -0.4 is 4.74 Å². The van der Waals surface area contributed by atoms with E-state index in [1.165, 1.54) is 38.6 Å². The lowest BCUT2D eigenvalue weighted by Gasteiger charge is -2.40. The highest BCUT2D eigenvalue weighted by Crippen LogP contribution is 2.33. The lowest BCUT2D eigenvalue weighted by molar-refractivity contribution is -0.133. The first-order valence-electron chi connectivity index (χ1n) is 10.3. The molecule has 2 atom stereocenters. The van der Waals surface area contributed by atoms with Crippen molar-refractivity contribution in [2.45, 2.75) is 45.1 Å². The normalized spacial score (nSPS) is 25.7. The minimum absolute atomic E-state index is 0.0316. The Hall–Kier alpha value is -1.88. The Kier molecular flexibility index (Phi) is 5.48. The van der Waals surface area contributed by atoms with E-state index in [1.807, 2.05) is 4.90 Å². The summed E-state index contributed by atoms with van der Waals surface area (Å²) in [6.07, 6.45) is 6.61. The number of fused-ring (bicyclic) bond motifs is 4. The molecule has 1 aliphatic carbocycles. The Labute approximate surface area is 161 Å². The minimum atomic E-state index is 0.0316. The number of Topliss-reactive ketones (excluding diaryl/α,β-unsaturated/α-hetero) is 1. The molecule has 2 bridgehead atoms. The lowest BCUT2D eigenvalue weighted by Crippen LogP contribution is -2.47. The number of carbonyl (C=O) groups is 2. The van der Waals surface area contributed by atoms with Gasteiger partial charge in [-0.05, 0) is 68.7 Å². The van der Waals surface area contributed by atoms with Gasteiger partial charge in [0.2, 0.25) is 0 Å². The van der Waals surface area contributed by atoms with Crippen LogP contribution in [-0.4, -0.2) is 60.3 Å². The Morgan fingerprint density at radius 3 is 2.48 bits per heavy atom. The van der Waals surface area contributed by atoms with E-state index in [2.05, 4.69) is 4.90 Å². The highest BCUT2D eigenvalue weighted by atomic mass is 16.5. The van der Waals surface area contributed by atoms with E-state index >= 15 is 0 Å². The van der Waals surface area contributed by atoms with Crippen LogP contribution in [-0.2, 0) is 4.79 Å². The van der Waals surface area contributed by atoms with Crippen LogP contribution in [0.1, 0.15) is 49.4 Å². The summed E-state index contributed by atoms with van der Waals surface area (Å²) in [4.78, 5) is 28.8. The SMILES string of the molecule is CC(=O)c1ccc(OCC(=O)N2C[C@H]3CC[C@@H](C2)N(CC2CCC2)C3)cc1. The first-order valence-corrected chi connectivity index (χ1v) is 10.3. The zero-order valence-corrected chi connectivity index (χ0v) is 16.2. The van der Waals surface area contributed by atoms with E-state index in [9.17, 15) is 9.59 Å². The predicted octanol–water partition coefficient (Wildman–Crippen LogP) is 2.99. The molecular weight excluding hydrogens is 340 g/mol. The molecule has 4 fully saturated rings. The van der Waals surface area contributed by atoms with Crippen LogP contribution in [0, 0.1) is 11.8 Å². The van der Waals surface area contributed by atoms with Gasteiger partial charge < -0.3 is 9.64 Å². The molecule has 0 radical (unpaired) electrons. The molecule has 5 rings (SSSR count). The van der Waals surface area contributed by atoms with Crippen LogP contribution in [0.3, 0.4) is 0 Å². The Morgan fingerprint density at radius 2 is 1.81 bits per heavy atom. The number of carbonyl (C=O) groups excluding carboxylic acids is 2. The fourth-order valence-corrected chi connectivity index (χ4v) is 4.64. The molecule has 1 aromatic carbocycles. The zero-order valence-electron chi connectivity index (χ0n) is 16.2. The molecule has 1 saturated carbocycles. The average Bonchev–Trinajstić information content (AvgIpc) is 2.95. The van der Waals surface area contributed by atoms with Crippen molar-refractivity contribution in [3.8, 4) is 5.75 Å². The third-order valence-corrected chi connectivity index (χ3v) is 6.52. The fourth-order valence-electron chi connectivity index (χ4n) is 4.64. The minimum Gasteiger partial charge on any atom is -0.484 e. The number of rotatable bonds is 6. The van der Waals surface area contributed by atoms with E-state index in [-0.39, 0.29) is 18.3 Å². The number of hydrogen-bond acceptors (Lipinski definition) is 4. The van der Waals surface area contributed by atoms with Crippen molar-refractivity contribution < 1.29 is 14.3 Å². The first-order chi connectivity index (χ1) is 13.1. The molecule has 0 unspecified atom stereocenters. The van der Waals surface area contributed by atoms with Crippen molar-refractivity contribution >= 4 is 11.7 Å². The smallest absolute Gasteiger partial charge is 0.260 e. The van der Waals surface area contributed by atoms with Crippen molar-refractivity contribution in [1.29, 1.82) is 0 Å². The monoisotopic (exact) mass is 370 g/mol. The fraction of sp³-hybridized carbons (Fsp3) is 0.636. The van der Waals surface area contributed by atoms with Gasteiger partial charge in [-0.2, -0.15) is 0 Å². The van der Waals surface area contributed by atoms with Gasteiger partial charge in [0.15, 0.2) is 12.4 Å². The second-order valence-electron chi connectivity index (χ2n) is 8.52. The third kappa shape index (κ3) is 4.34. The number of hydrogen-bond donors (Lipinski definition) is 0. The molecule has 146 valence electrons. The number of piperidine rings is 1. The standard InChI is InChI=1S/C22H30N2O3/c1-16(25)19-6-9-21(10-7-19)27-15-22(26)24-13-18-5-8-20(14-24)23(12-18)11-17-3-2-4-17/h6-7,9-10,17-18,20H,2-5,8,11-15H2,1H3/t18-,20-/m0/s1. The maximum absolute atomic E-state index is 12.7. The average molecular weight is 370 g/mol. The molecule has 5 nitrogen and oxygen atoms in total. The first kappa shape index (κ1) is 18.5. The summed E-state index contributed by atoms with van der Waals surface area (Å²) in [6, 6.07) is 7.52. The summed E-state index contributed by atoms with van der Waals surface area (Å²) in [7, 11) is 0. The van der Waals surface area contributed by atoms with Crippen molar-refractivity contribution in [1.82, 2.24) is 9.80 Å². The molecule has 0 aromatic heterocycles. The van der Waals surface area contributed by atoms with Crippen LogP contribution in [0.15, 0.2) is 24.3 Å². The van der Waals surface area contributed by atoms with E-state index in [1.54, 1.807) is 31.2 Å². The summed E-state index contributed by atoms with van der Waals surface area (Å²) >= 11 is 0. The van der Waals surface area contributed by atoms with Gasteiger partial charge in [0.05, 0.1) is 0 Å². The molecule has 1 aromatic rings. The summed E-state index contributed by atoms with van der Waals surface area (Å²) in [5.74, 6) is 2.23. The van der Waals surface area contributed by atoms with Gasteiger partial charge in [0.25, 0.3) is 5.91 Å². The van der Waals surface area contributed by atoms with Gasteiger partial charge in [0, 0.05) is 37.8 Å². The van der Waals surface area contributed by atoms with Crippen LogP contribution >= 0.6 is 0 Å². The topological polar surface area (TPSA) is 49.9 Å². The number of benzene rings is 1. The largest absolute Gasteiger partial charge is 0.484 e. The molecule has 3 saturated heterocycles. The van der Waals surface area contributed by atoms with Gasteiger partial charge in [-0.15, -0.1) is 0 Å². The highest BCUT2D eigenvalue weighted by Gasteiger charge is 2.37. The molecule has 5 heteroatoms. The number of ether oxygens (including phenoxy) is 1. The summed E-state index contributed by atoms with van der Waals surface area (Å²) < 4.78 is 5.69. The number of ketones is 1. The summed E-state index contributed by atoms with van der Waals surface area (Å²) in [6.45, 7) is 5.70. The molecule has 0 spiro atoms. The quantitative estimate of drug-likeness (QED) is 0.723. The third-order valence-electron chi connectivity index (χ3n) is 6.52. The molecule has 3 heterocycles. The summed E-state index contributed by atoms with van der Waals surface area (Å²) in [5, 5.41) is 0. The van der Waals surface area contributed by atoms with Crippen molar-refractivity contribution in [2.75, 3.05) is 32.8 Å². The Balaban J connectivity index is 1.31. The van der Waals surface area contributed by atoms with Crippen LogP contribution in [0.25, 0.3) is 0 Å². The van der Waals surface area contributed by atoms with Gasteiger partial charge in [-0.3, -0.25) is 14.5 Å². The maximum Gasteiger partial charge on any atom is 0.260 e. The van der Waals surface area contributed by atoms with E-state index in [0.717, 1.165) is 25.6 Å². The van der Waals surface area contributed by atoms with E-state index < -0.39 is 0 Å². The van der Waals surface area contributed by atoms with Crippen LogP contribution in [0.2, 0.25) is 0 Å². The second kappa shape index (κ2) is 8.01. The van der Waals surface area contributed by atoms with E-state index in [4.69, 9.17) is 4.74 Å². The van der Waals surface area contributed by atoms with E-state index in [0.29, 0.717) is 23.3 Å². The molecule has 1 amide bonds. The molecule has 27 heavy (non-hydrogen) atoms. The zero-order chi connectivity index (χ0) is 18.8. The van der Waals surface area contributed by atoms with Crippen LogP contribution in [0.5, 0.6) is 5.75 Å². The van der Waals surface area contributed by atoms with Gasteiger partial charge >= 0.3 is 0 Å². The highest BCUT2D eigenvalue weighted by molar-refractivity contribution is 5.94. The molecule has 4 aliphatic rings.